The van der Waals surface area contributed by atoms with E-state index in [4.69, 9.17) is 0 Å². The number of carbonyl (C=O) groups is 1. The van der Waals surface area contributed by atoms with Crippen LogP contribution in [0.3, 0.4) is 0 Å². The van der Waals surface area contributed by atoms with Crippen molar-refractivity contribution in [2.45, 2.75) is 36.9 Å². The number of sulfone groups is 1. The molecule has 1 atom stereocenters. The van der Waals surface area contributed by atoms with Crippen molar-refractivity contribution < 1.29 is 13.2 Å². The Kier molecular flexibility index (Phi) is 6.01. The summed E-state index contributed by atoms with van der Waals surface area (Å²) in [6, 6.07) is 5.66. The molecule has 0 radical (unpaired) electrons. The molecule has 136 valence electrons. The highest BCUT2D eigenvalue weighted by atomic mass is 32.2. The van der Waals surface area contributed by atoms with Gasteiger partial charge in [-0.3, -0.25) is 4.79 Å². The minimum atomic E-state index is -3.05. The van der Waals surface area contributed by atoms with Gasteiger partial charge in [0.25, 0.3) is 0 Å². The number of thioether (sulfide) groups is 1. The van der Waals surface area contributed by atoms with E-state index in [-0.39, 0.29) is 17.4 Å². The minimum Gasteiger partial charge on any atom is -0.326 e. The highest BCUT2D eigenvalue weighted by molar-refractivity contribution is 8.01. The van der Waals surface area contributed by atoms with Crippen molar-refractivity contribution in [1.29, 1.82) is 0 Å². The first-order valence-corrected chi connectivity index (χ1v) is 12.1. The van der Waals surface area contributed by atoms with Crippen molar-refractivity contribution >= 4 is 54.7 Å². The van der Waals surface area contributed by atoms with Crippen LogP contribution in [-0.2, 0) is 14.6 Å². The van der Waals surface area contributed by atoms with Crippen molar-refractivity contribution in [3.8, 4) is 0 Å². The van der Waals surface area contributed by atoms with E-state index in [1.807, 2.05) is 18.2 Å². The maximum absolute atomic E-state index is 12.3. The van der Waals surface area contributed by atoms with Crippen LogP contribution in [0, 0.1) is 5.92 Å². The first kappa shape index (κ1) is 18.7. The van der Waals surface area contributed by atoms with E-state index in [9.17, 15) is 13.2 Å². The van der Waals surface area contributed by atoms with Crippen LogP contribution < -0.4 is 5.32 Å². The summed E-state index contributed by atoms with van der Waals surface area (Å²) in [7, 11) is -3.05. The Hall–Kier alpha value is -1.12. The molecule has 1 N–H and O–H groups in total. The molecule has 0 aliphatic carbocycles. The maximum Gasteiger partial charge on any atom is 0.228 e. The fraction of sp³-hybridized carbons (Fsp3) is 0.529. The summed E-state index contributed by atoms with van der Waals surface area (Å²) in [5.74, 6) is 0.497. The van der Waals surface area contributed by atoms with Crippen LogP contribution in [0.4, 0.5) is 5.69 Å². The van der Waals surface area contributed by atoms with Gasteiger partial charge in [-0.1, -0.05) is 31.5 Å². The Bertz CT molecular complexity index is 861. The molecule has 1 fully saturated rings. The van der Waals surface area contributed by atoms with Crippen molar-refractivity contribution in [3.05, 3.63) is 18.2 Å². The molecule has 2 aromatic rings. The molecule has 1 aliphatic heterocycles. The van der Waals surface area contributed by atoms with Gasteiger partial charge in [-0.2, -0.15) is 0 Å². The van der Waals surface area contributed by atoms with E-state index < -0.39 is 15.8 Å². The van der Waals surface area contributed by atoms with Crippen LogP contribution in [0.5, 0.6) is 0 Å². The molecule has 0 spiro atoms. The molecule has 5 nitrogen and oxygen atoms in total. The minimum absolute atomic E-state index is 0.0415. The number of aromatic nitrogens is 1. The Morgan fingerprint density at radius 2 is 2.24 bits per heavy atom. The molecule has 25 heavy (non-hydrogen) atoms. The number of amides is 1. The van der Waals surface area contributed by atoms with E-state index in [1.54, 1.807) is 23.1 Å². The SMILES string of the molecule is CCCCCSc1nc2ccc(NC(=O)C3CCS(=O)(=O)C3)cc2s1. The van der Waals surface area contributed by atoms with Gasteiger partial charge in [0.15, 0.2) is 14.2 Å². The van der Waals surface area contributed by atoms with E-state index in [2.05, 4.69) is 17.2 Å². The predicted octanol–water partition coefficient (Wildman–Crippen LogP) is 3.95. The van der Waals surface area contributed by atoms with Gasteiger partial charge in [-0.05, 0) is 31.0 Å². The van der Waals surface area contributed by atoms with Crippen LogP contribution in [0.25, 0.3) is 10.2 Å². The number of thiazole rings is 1. The average molecular weight is 399 g/mol. The van der Waals surface area contributed by atoms with Gasteiger partial charge in [0.1, 0.15) is 0 Å². The lowest BCUT2D eigenvalue weighted by atomic mass is 10.1. The lowest BCUT2D eigenvalue weighted by Gasteiger charge is -2.09. The Labute approximate surface area is 156 Å². The summed E-state index contributed by atoms with van der Waals surface area (Å²) in [6.07, 6.45) is 4.06. The molecule has 2 heterocycles. The second-order valence-corrected chi connectivity index (χ2v) is 10.9. The summed E-state index contributed by atoms with van der Waals surface area (Å²) in [5.41, 5.74) is 1.64. The number of carbonyl (C=O) groups excluding carboxylic acids is 1. The predicted molar refractivity (Wildman–Crippen MR) is 105 cm³/mol. The van der Waals surface area contributed by atoms with Crippen LogP contribution in [-0.4, -0.2) is 36.6 Å². The Morgan fingerprint density at radius 3 is 2.96 bits per heavy atom. The van der Waals surface area contributed by atoms with Crippen LogP contribution in [0.1, 0.15) is 32.6 Å². The zero-order chi connectivity index (χ0) is 17.9. The molecular formula is C17H22N2O3S3. The van der Waals surface area contributed by atoms with Gasteiger partial charge in [-0.15, -0.1) is 11.3 Å². The normalized spacial score (nSPS) is 19.3. The first-order valence-electron chi connectivity index (χ1n) is 8.51. The highest BCUT2D eigenvalue weighted by Crippen LogP contribution is 2.32. The summed E-state index contributed by atoms with van der Waals surface area (Å²) < 4.78 is 25.1. The molecule has 0 saturated carbocycles. The molecule has 8 heteroatoms. The van der Waals surface area contributed by atoms with E-state index in [0.29, 0.717) is 12.1 Å². The van der Waals surface area contributed by atoms with Crippen molar-refractivity contribution in [2.75, 3.05) is 22.6 Å². The second kappa shape index (κ2) is 8.05. The molecule has 1 aromatic carbocycles. The number of fused-ring (bicyclic) bond motifs is 1. The third kappa shape index (κ3) is 4.95. The molecule has 1 aromatic heterocycles. The quantitative estimate of drug-likeness (QED) is 0.564. The highest BCUT2D eigenvalue weighted by Gasteiger charge is 2.32. The number of nitrogens with zero attached hydrogens (tertiary/aromatic N) is 1. The lowest BCUT2D eigenvalue weighted by molar-refractivity contribution is -0.119. The molecular weight excluding hydrogens is 376 g/mol. The van der Waals surface area contributed by atoms with Gasteiger partial charge in [-0.25, -0.2) is 13.4 Å². The third-order valence-electron chi connectivity index (χ3n) is 4.21. The largest absolute Gasteiger partial charge is 0.326 e. The summed E-state index contributed by atoms with van der Waals surface area (Å²) in [6.45, 7) is 2.19. The fourth-order valence-corrected chi connectivity index (χ4v) is 6.72. The topological polar surface area (TPSA) is 76.1 Å². The van der Waals surface area contributed by atoms with Crippen molar-refractivity contribution in [1.82, 2.24) is 4.98 Å². The summed E-state index contributed by atoms with van der Waals surface area (Å²) in [4.78, 5) is 16.9. The van der Waals surface area contributed by atoms with Gasteiger partial charge >= 0.3 is 0 Å². The number of rotatable bonds is 7. The zero-order valence-electron chi connectivity index (χ0n) is 14.2. The number of hydrogen-bond acceptors (Lipinski definition) is 6. The van der Waals surface area contributed by atoms with Crippen molar-refractivity contribution in [3.63, 3.8) is 0 Å². The summed E-state index contributed by atoms with van der Waals surface area (Å²) in [5, 5.41) is 2.85. The molecule has 1 aliphatic rings. The molecule has 3 rings (SSSR count). The number of unbranched alkanes of at least 4 members (excludes halogenated alkanes) is 2. The monoisotopic (exact) mass is 398 g/mol. The standard InChI is InChI=1S/C17H22N2O3S3/c1-2-3-4-8-23-17-19-14-6-5-13(10-15(14)24-17)18-16(20)12-7-9-25(21,22)11-12/h5-6,10,12H,2-4,7-9,11H2,1H3,(H,18,20). The van der Waals surface area contributed by atoms with Gasteiger partial charge in [0.2, 0.25) is 5.91 Å². The molecule has 1 amide bonds. The van der Waals surface area contributed by atoms with Crippen molar-refractivity contribution in [2.24, 2.45) is 5.92 Å². The van der Waals surface area contributed by atoms with Gasteiger partial charge in [0.05, 0.1) is 27.6 Å². The van der Waals surface area contributed by atoms with E-state index >= 15 is 0 Å². The molecule has 1 unspecified atom stereocenters. The first-order chi connectivity index (χ1) is 12.0. The number of benzene rings is 1. The third-order valence-corrected chi connectivity index (χ3v) is 8.23. The average Bonchev–Trinajstić information content (AvgIpc) is 3.13. The molecule has 0 bridgehead atoms. The maximum atomic E-state index is 12.3. The summed E-state index contributed by atoms with van der Waals surface area (Å²) >= 11 is 3.41. The number of nitrogens with one attached hydrogen (secondary N) is 1. The van der Waals surface area contributed by atoms with Gasteiger partial charge < -0.3 is 5.32 Å². The zero-order valence-corrected chi connectivity index (χ0v) is 16.6. The number of anilines is 1. The van der Waals surface area contributed by atoms with Crippen LogP contribution >= 0.6 is 23.1 Å². The Morgan fingerprint density at radius 1 is 1.40 bits per heavy atom. The second-order valence-electron chi connectivity index (χ2n) is 6.31. The van der Waals surface area contributed by atoms with Crippen LogP contribution in [0.2, 0.25) is 0 Å². The number of hydrogen-bond donors (Lipinski definition) is 1. The smallest absolute Gasteiger partial charge is 0.228 e. The Balaban J connectivity index is 1.63. The van der Waals surface area contributed by atoms with E-state index in [1.165, 1.54) is 19.3 Å². The molecule has 1 saturated heterocycles. The fourth-order valence-electron chi connectivity index (χ4n) is 2.80. The van der Waals surface area contributed by atoms with Crippen LogP contribution in [0.15, 0.2) is 22.5 Å². The van der Waals surface area contributed by atoms with Gasteiger partial charge in [0, 0.05) is 11.4 Å². The van der Waals surface area contributed by atoms with E-state index in [0.717, 1.165) is 20.3 Å². The lowest BCUT2D eigenvalue weighted by Crippen LogP contribution is -2.23.